The Kier molecular flexibility index (Phi) is 5.15. The van der Waals surface area contributed by atoms with Crippen LogP contribution in [-0.4, -0.2) is 34.2 Å². The maximum atomic E-state index is 12.7. The number of nitrogens with one attached hydrogen (secondary N) is 1. The van der Waals surface area contributed by atoms with Crippen molar-refractivity contribution < 1.29 is 27.1 Å². The van der Waals surface area contributed by atoms with Crippen LogP contribution in [0.1, 0.15) is 32.1 Å². The fourth-order valence-electron chi connectivity index (χ4n) is 2.30. The molecular weight excluding hydrogens is 306 g/mol. The number of hydrogen-bond acceptors (Lipinski definition) is 4. The molecule has 0 aromatic carbocycles. The Morgan fingerprint density at radius 1 is 1.23 bits per heavy atom. The average Bonchev–Trinajstić information content (AvgIpc) is 2.41. The molecule has 1 amide bonds. The van der Waals surface area contributed by atoms with E-state index in [1.54, 1.807) is 0 Å². The number of rotatable bonds is 4. The van der Waals surface area contributed by atoms with Gasteiger partial charge >= 0.3 is 12.2 Å². The molecule has 1 aromatic heterocycles. The third-order valence-corrected chi connectivity index (χ3v) is 3.27. The second-order valence-corrected chi connectivity index (χ2v) is 5.13. The van der Waals surface area contributed by atoms with Gasteiger partial charge in [0.2, 0.25) is 5.91 Å². The summed E-state index contributed by atoms with van der Waals surface area (Å²) in [5.41, 5.74) is 0. The maximum absolute atomic E-state index is 12.7. The quantitative estimate of drug-likeness (QED) is 0.865. The third kappa shape index (κ3) is 5.45. The lowest BCUT2D eigenvalue weighted by Crippen LogP contribution is -2.41. The van der Waals surface area contributed by atoms with Gasteiger partial charge in [0.25, 0.3) is 0 Å². The molecule has 1 heterocycles. The second-order valence-electron chi connectivity index (χ2n) is 5.13. The van der Waals surface area contributed by atoms with Crippen molar-refractivity contribution in [1.82, 2.24) is 15.3 Å². The van der Waals surface area contributed by atoms with E-state index in [1.807, 2.05) is 0 Å². The smallest absolute Gasteiger partial charge is 0.397 e. The number of carbonyl (C=O) groups is 1. The number of nitrogens with zero attached hydrogens (tertiary/aromatic N) is 2. The Hall–Kier alpha value is -1.93. The number of carbonyl (C=O) groups excluding carboxylic acids is 1. The van der Waals surface area contributed by atoms with Crippen molar-refractivity contribution >= 4 is 5.91 Å². The number of alkyl halides is 3. The molecule has 1 saturated carbocycles. The van der Waals surface area contributed by atoms with Crippen LogP contribution in [-0.2, 0) is 4.79 Å². The van der Waals surface area contributed by atoms with E-state index >= 15 is 0 Å². The molecule has 0 atom stereocenters. The Labute approximate surface area is 124 Å². The third-order valence-electron chi connectivity index (χ3n) is 3.27. The van der Waals surface area contributed by atoms with E-state index in [0.717, 1.165) is 12.4 Å². The summed E-state index contributed by atoms with van der Waals surface area (Å²) in [6.45, 7) is 0. The summed E-state index contributed by atoms with van der Waals surface area (Å²) in [4.78, 5) is 18.6. The maximum Gasteiger partial charge on any atom is 0.397 e. The standard InChI is InChI=1S/C13H15F4N3O2/c14-8-6-18-12(19-7-8)22-10-3-1-9(2-4-10)20-11(21)5-13(15,16)17/h6-7,9-10H,1-5H2,(H,20,21). The van der Waals surface area contributed by atoms with Gasteiger partial charge in [-0.15, -0.1) is 0 Å². The van der Waals surface area contributed by atoms with Crippen molar-refractivity contribution in [2.45, 2.75) is 50.4 Å². The van der Waals surface area contributed by atoms with E-state index in [1.165, 1.54) is 0 Å². The van der Waals surface area contributed by atoms with Gasteiger partial charge in [-0.05, 0) is 25.7 Å². The molecule has 0 spiro atoms. The number of aromatic nitrogens is 2. The van der Waals surface area contributed by atoms with Gasteiger partial charge in [-0.2, -0.15) is 13.2 Å². The molecule has 122 valence electrons. The Bertz CT molecular complexity index is 499. The van der Waals surface area contributed by atoms with E-state index in [4.69, 9.17) is 4.74 Å². The number of hydrogen-bond donors (Lipinski definition) is 1. The summed E-state index contributed by atoms with van der Waals surface area (Å²) in [5, 5.41) is 2.37. The van der Waals surface area contributed by atoms with Crippen LogP contribution >= 0.6 is 0 Å². The Balaban J connectivity index is 1.73. The zero-order chi connectivity index (χ0) is 16.2. The minimum Gasteiger partial charge on any atom is -0.460 e. The first-order valence-electron chi connectivity index (χ1n) is 6.82. The molecule has 22 heavy (non-hydrogen) atoms. The van der Waals surface area contributed by atoms with Crippen molar-refractivity contribution in [3.05, 3.63) is 18.2 Å². The molecule has 0 radical (unpaired) electrons. The molecule has 0 unspecified atom stereocenters. The molecule has 1 aliphatic carbocycles. The lowest BCUT2D eigenvalue weighted by molar-refractivity contribution is -0.154. The fraction of sp³-hybridized carbons (Fsp3) is 0.615. The van der Waals surface area contributed by atoms with Crippen LogP contribution in [0.5, 0.6) is 6.01 Å². The largest absolute Gasteiger partial charge is 0.460 e. The molecule has 0 aliphatic heterocycles. The molecule has 1 fully saturated rings. The highest BCUT2D eigenvalue weighted by atomic mass is 19.4. The van der Waals surface area contributed by atoms with Crippen LogP contribution in [0, 0.1) is 5.82 Å². The van der Waals surface area contributed by atoms with Gasteiger partial charge < -0.3 is 10.1 Å². The van der Waals surface area contributed by atoms with Crippen molar-refractivity contribution in [3.8, 4) is 6.01 Å². The van der Waals surface area contributed by atoms with Crippen LogP contribution in [0.2, 0.25) is 0 Å². The summed E-state index contributed by atoms with van der Waals surface area (Å²) in [7, 11) is 0. The normalized spacial score (nSPS) is 22.2. The molecule has 1 N–H and O–H groups in total. The van der Waals surface area contributed by atoms with Gasteiger partial charge in [0.05, 0.1) is 12.4 Å². The molecule has 1 aliphatic rings. The van der Waals surface area contributed by atoms with E-state index in [2.05, 4.69) is 15.3 Å². The highest BCUT2D eigenvalue weighted by Crippen LogP contribution is 2.23. The van der Waals surface area contributed by atoms with Crippen molar-refractivity contribution in [2.75, 3.05) is 0 Å². The van der Waals surface area contributed by atoms with Crippen LogP contribution in [0.3, 0.4) is 0 Å². The SMILES string of the molecule is O=C(CC(F)(F)F)NC1CCC(Oc2ncc(F)cn2)CC1. The zero-order valence-electron chi connectivity index (χ0n) is 11.6. The number of ether oxygens (including phenoxy) is 1. The highest BCUT2D eigenvalue weighted by Gasteiger charge is 2.32. The van der Waals surface area contributed by atoms with E-state index in [-0.39, 0.29) is 18.2 Å². The number of amides is 1. The summed E-state index contributed by atoms with van der Waals surface area (Å²) in [6, 6.07) is -0.227. The first-order chi connectivity index (χ1) is 10.3. The monoisotopic (exact) mass is 321 g/mol. The molecule has 5 nitrogen and oxygen atoms in total. The van der Waals surface area contributed by atoms with Gasteiger partial charge in [0.1, 0.15) is 12.5 Å². The Morgan fingerprint density at radius 2 is 1.82 bits per heavy atom. The molecule has 0 saturated heterocycles. The summed E-state index contributed by atoms with van der Waals surface area (Å²) >= 11 is 0. The van der Waals surface area contributed by atoms with E-state index < -0.39 is 24.3 Å². The van der Waals surface area contributed by atoms with Gasteiger partial charge in [-0.3, -0.25) is 4.79 Å². The average molecular weight is 321 g/mol. The van der Waals surface area contributed by atoms with Crippen molar-refractivity contribution in [3.63, 3.8) is 0 Å². The lowest BCUT2D eigenvalue weighted by atomic mass is 9.93. The minimum absolute atomic E-state index is 0.0611. The van der Waals surface area contributed by atoms with E-state index in [9.17, 15) is 22.4 Å². The van der Waals surface area contributed by atoms with Gasteiger partial charge in [0, 0.05) is 6.04 Å². The molecule has 9 heteroatoms. The van der Waals surface area contributed by atoms with Crippen LogP contribution in [0.25, 0.3) is 0 Å². The Morgan fingerprint density at radius 3 is 2.36 bits per heavy atom. The molecular formula is C13H15F4N3O2. The fourth-order valence-corrected chi connectivity index (χ4v) is 2.30. The summed E-state index contributed by atoms with van der Waals surface area (Å²) in [5.74, 6) is -1.58. The van der Waals surface area contributed by atoms with Gasteiger partial charge in [-0.25, -0.2) is 14.4 Å². The van der Waals surface area contributed by atoms with Gasteiger partial charge in [-0.1, -0.05) is 0 Å². The van der Waals surface area contributed by atoms with E-state index in [0.29, 0.717) is 25.7 Å². The molecule has 2 rings (SSSR count). The van der Waals surface area contributed by atoms with Crippen molar-refractivity contribution in [1.29, 1.82) is 0 Å². The predicted octanol–water partition coefficient (Wildman–Crippen LogP) is 2.37. The number of halogens is 4. The summed E-state index contributed by atoms with van der Waals surface area (Å²) < 4.78 is 54.3. The minimum atomic E-state index is -4.50. The van der Waals surface area contributed by atoms with Gasteiger partial charge in [0.15, 0.2) is 5.82 Å². The van der Waals surface area contributed by atoms with Crippen LogP contribution < -0.4 is 10.1 Å². The second kappa shape index (κ2) is 6.89. The zero-order valence-corrected chi connectivity index (χ0v) is 11.6. The van der Waals surface area contributed by atoms with Crippen LogP contribution in [0.15, 0.2) is 12.4 Å². The van der Waals surface area contributed by atoms with Crippen molar-refractivity contribution in [2.24, 2.45) is 0 Å². The topological polar surface area (TPSA) is 64.1 Å². The first-order valence-corrected chi connectivity index (χ1v) is 6.82. The highest BCUT2D eigenvalue weighted by molar-refractivity contribution is 5.76. The van der Waals surface area contributed by atoms with Crippen LogP contribution in [0.4, 0.5) is 17.6 Å². The first kappa shape index (κ1) is 16.4. The molecule has 0 bridgehead atoms. The predicted molar refractivity (Wildman–Crippen MR) is 67.5 cm³/mol. The summed E-state index contributed by atoms with van der Waals surface area (Å²) in [6.07, 6.45) is -2.05. The molecule has 1 aromatic rings. The lowest BCUT2D eigenvalue weighted by Gasteiger charge is -2.28.